The molecule has 90 valence electrons. The number of nitrogens with one attached hydrogen (secondary N) is 1. The number of rotatable bonds is 3. The summed E-state index contributed by atoms with van der Waals surface area (Å²) in [4.78, 5) is 10.2. The lowest BCUT2D eigenvalue weighted by molar-refractivity contribution is -0.344. The van der Waals surface area contributed by atoms with Crippen LogP contribution in [0.5, 0.6) is 0 Å². The summed E-state index contributed by atoms with van der Waals surface area (Å²) in [6, 6.07) is 0. The van der Waals surface area contributed by atoms with Gasteiger partial charge in [0.15, 0.2) is 0 Å². The van der Waals surface area contributed by atoms with Crippen LogP contribution >= 0.6 is 0 Å². The Bertz CT molecular complexity index is 248. The fourth-order valence-electron chi connectivity index (χ4n) is 0.524. The Morgan fingerprint density at radius 3 is 1.73 bits per heavy atom. The average Bonchev–Trinajstić information content (AvgIpc) is 2.02. The maximum atomic E-state index is 12.3. The van der Waals surface area contributed by atoms with Crippen molar-refractivity contribution in [3.8, 4) is 0 Å². The summed E-state index contributed by atoms with van der Waals surface area (Å²) in [7, 11) is 0. The van der Waals surface area contributed by atoms with E-state index in [0.717, 1.165) is 5.32 Å². The summed E-state index contributed by atoms with van der Waals surface area (Å²) < 4.78 is 83.4. The molecule has 0 rings (SSSR count). The minimum Gasteiger partial charge on any atom is -0.338 e. The fourth-order valence-corrected chi connectivity index (χ4v) is 0.524. The molecule has 0 unspecified atom stereocenters. The molecule has 10 heteroatoms. The first-order valence-corrected chi connectivity index (χ1v) is 3.29. The van der Waals surface area contributed by atoms with Crippen LogP contribution in [0, 0.1) is 0 Å². The standard InChI is InChI=1S/C5H5F7N2O/c6-3(7,2(15)14-1-13)4(8,9)5(10,11)12/h1,13H2,(H,14,15). The molecule has 0 heterocycles. The van der Waals surface area contributed by atoms with Crippen molar-refractivity contribution in [1.82, 2.24) is 5.32 Å². The summed E-state index contributed by atoms with van der Waals surface area (Å²) >= 11 is 0. The van der Waals surface area contributed by atoms with Crippen LogP contribution in [0.1, 0.15) is 0 Å². The van der Waals surface area contributed by atoms with Gasteiger partial charge in [0.1, 0.15) is 0 Å². The molecule has 15 heavy (non-hydrogen) atoms. The summed E-state index contributed by atoms with van der Waals surface area (Å²) in [5, 5.41) is 0.973. The lowest BCUT2D eigenvalue weighted by Gasteiger charge is -2.26. The Labute approximate surface area is 78.4 Å². The van der Waals surface area contributed by atoms with Gasteiger partial charge in [-0.25, -0.2) is 0 Å². The topological polar surface area (TPSA) is 55.1 Å². The number of alkyl halides is 7. The van der Waals surface area contributed by atoms with Gasteiger partial charge in [-0.15, -0.1) is 0 Å². The van der Waals surface area contributed by atoms with Crippen molar-refractivity contribution in [2.24, 2.45) is 5.73 Å². The molecule has 0 saturated heterocycles. The first-order chi connectivity index (χ1) is 6.48. The van der Waals surface area contributed by atoms with Gasteiger partial charge in [0, 0.05) is 0 Å². The second-order valence-corrected chi connectivity index (χ2v) is 2.36. The highest BCUT2D eigenvalue weighted by atomic mass is 19.4. The number of halogens is 7. The SMILES string of the molecule is NCNC(=O)C(F)(F)C(F)(F)C(F)(F)F. The zero-order valence-electron chi connectivity index (χ0n) is 6.84. The quantitative estimate of drug-likeness (QED) is 0.569. The molecule has 0 fully saturated rings. The molecule has 0 bridgehead atoms. The molecule has 3 N–H and O–H groups in total. The molecular weight excluding hydrogens is 237 g/mol. The lowest BCUT2D eigenvalue weighted by Crippen LogP contribution is -2.59. The third kappa shape index (κ3) is 2.30. The summed E-state index contributed by atoms with van der Waals surface area (Å²) in [5.74, 6) is -15.1. The van der Waals surface area contributed by atoms with E-state index in [2.05, 4.69) is 5.73 Å². The molecule has 0 radical (unpaired) electrons. The summed E-state index contributed by atoms with van der Waals surface area (Å²) in [6.07, 6.45) is -6.53. The van der Waals surface area contributed by atoms with E-state index in [9.17, 15) is 35.5 Å². The molecule has 0 atom stereocenters. The van der Waals surface area contributed by atoms with Crippen LogP contribution in [0.15, 0.2) is 0 Å². The Morgan fingerprint density at radius 1 is 1.07 bits per heavy atom. The van der Waals surface area contributed by atoms with Gasteiger partial charge in [-0.1, -0.05) is 0 Å². The molecular formula is C5H5F7N2O. The van der Waals surface area contributed by atoms with Crippen molar-refractivity contribution in [3.05, 3.63) is 0 Å². The molecule has 0 spiro atoms. The van der Waals surface area contributed by atoms with Crippen LogP contribution in [0.2, 0.25) is 0 Å². The minimum absolute atomic E-state index is 0.973. The van der Waals surface area contributed by atoms with E-state index in [1.165, 1.54) is 0 Å². The van der Waals surface area contributed by atoms with Crippen LogP contribution in [0.4, 0.5) is 30.7 Å². The Kier molecular flexibility index (Phi) is 3.56. The fraction of sp³-hybridized carbons (Fsp3) is 0.800. The van der Waals surface area contributed by atoms with Crippen molar-refractivity contribution < 1.29 is 35.5 Å². The third-order valence-electron chi connectivity index (χ3n) is 1.30. The Morgan fingerprint density at radius 2 is 1.47 bits per heavy atom. The van der Waals surface area contributed by atoms with Gasteiger partial charge in [0.25, 0.3) is 5.91 Å². The van der Waals surface area contributed by atoms with Crippen molar-refractivity contribution in [3.63, 3.8) is 0 Å². The van der Waals surface area contributed by atoms with Crippen LogP contribution < -0.4 is 11.1 Å². The number of hydrogen-bond acceptors (Lipinski definition) is 2. The van der Waals surface area contributed by atoms with E-state index < -0.39 is 30.6 Å². The van der Waals surface area contributed by atoms with Crippen LogP contribution in [-0.2, 0) is 4.79 Å². The highest BCUT2D eigenvalue weighted by molar-refractivity contribution is 5.84. The Hall–Kier alpha value is -1.06. The highest BCUT2D eigenvalue weighted by Crippen LogP contribution is 2.46. The second-order valence-electron chi connectivity index (χ2n) is 2.36. The largest absolute Gasteiger partial charge is 0.460 e. The molecule has 0 aromatic carbocycles. The van der Waals surface area contributed by atoms with Crippen molar-refractivity contribution >= 4 is 5.91 Å². The monoisotopic (exact) mass is 242 g/mol. The summed E-state index contributed by atoms with van der Waals surface area (Å²) in [6.45, 7) is -0.984. The first-order valence-electron chi connectivity index (χ1n) is 3.29. The maximum Gasteiger partial charge on any atom is 0.460 e. The second kappa shape index (κ2) is 3.83. The van der Waals surface area contributed by atoms with Crippen molar-refractivity contribution in [1.29, 1.82) is 0 Å². The van der Waals surface area contributed by atoms with Crippen molar-refractivity contribution in [2.75, 3.05) is 6.67 Å². The zero-order valence-corrected chi connectivity index (χ0v) is 6.84. The van der Waals surface area contributed by atoms with Gasteiger partial charge in [-0.05, 0) is 0 Å². The smallest absolute Gasteiger partial charge is 0.338 e. The van der Waals surface area contributed by atoms with Crippen LogP contribution in [0.3, 0.4) is 0 Å². The van der Waals surface area contributed by atoms with E-state index in [1.807, 2.05) is 0 Å². The number of carbonyl (C=O) groups excluding carboxylic acids is 1. The summed E-state index contributed by atoms with van der Waals surface area (Å²) in [5.41, 5.74) is 4.49. The predicted octanol–water partition coefficient (Wildman–Crippen LogP) is 0.852. The Balaban J connectivity index is 5.10. The van der Waals surface area contributed by atoms with E-state index in [0.29, 0.717) is 0 Å². The normalized spacial score (nSPS) is 13.9. The predicted molar refractivity (Wildman–Crippen MR) is 33.1 cm³/mol. The van der Waals surface area contributed by atoms with E-state index in [1.54, 1.807) is 0 Å². The zero-order chi connectivity index (χ0) is 12.5. The third-order valence-corrected chi connectivity index (χ3v) is 1.30. The molecule has 0 aromatic rings. The number of nitrogens with two attached hydrogens (primary N) is 1. The van der Waals surface area contributed by atoms with Gasteiger partial charge >= 0.3 is 18.0 Å². The van der Waals surface area contributed by atoms with Crippen LogP contribution in [-0.4, -0.2) is 30.6 Å². The first kappa shape index (κ1) is 13.9. The van der Waals surface area contributed by atoms with Gasteiger partial charge in [-0.2, -0.15) is 30.7 Å². The molecule has 0 aliphatic carbocycles. The minimum atomic E-state index is -6.53. The number of amides is 1. The van der Waals surface area contributed by atoms with E-state index >= 15 is 0 Å². The highest BCUT2D eigenvalue weighted by Gasteiger charge is 2.76. The lowest BCUT2D eigenvalue weighted by atomic mass is 10.1. The van der Waals surface area contributed by atoms with Gasteiger partial charge in [0.2, 0.25) is 0 Å². The molecule has 0 saturated carbocycles. The van der Waals surface area contributed by atoms with Crippen LogP contribution in [0.25, 0.3) is 0 Å². The van der Waals surface area contributed by atoms with Crippen molar-refractivity contribution in [2.45, 2.75) is 18.0 Å². The molecule has 0 aliphatic rings. The molecule has 1 amide bonds. The molecule has 0 aliphatic heterocycles. The molecule has 3 nitrogen and oxygen atoms in total. The molecule has 0 aromatic heterocycles. The van der Waals surface area contributed by atoms with E-state index in [4.69, 9.17) is 0 Å². The number of carbonyl (C=O) groups is 1. The average molecular weight is 242 g/mol. The maximum absolute atomic E-state index is 12.3. The van der Waals surface area contributed by atoms with Gasteiger partial charge in [0.05, 0.1) is 6.67 Å². The number of hydrogen-bond donors (Lipinski definition) is 2. The van der Waals surface area contributed by atoms with Gasteiger partial charge in [-0.3, -0.25) is 4.79 Å². The van der Waals surface area contributed by atoms with E-state index in [-0.39, 0.29) is 0 Å². The van der Waals surface area contributed by atoms with Gasteiger partial charge < -0.3 is 11.1 Å².